The fourth-order valence-electron chi connectivity index (χ4n) is 3.78. The Morgan fingerprint density at radius 2 is 1.87 bits per heavy atom. The van der Waals surface area contributed by atoms with Gasteiger partial charge >= 0.3 is 0 Å². The van der Waals surface area contributed by atoms with E-state index < -0.39 is 6.04 Å². The number of hydrogen-bond donors (Lipinski definition) is 0. The van der Waals surface area contributed by atoms with Gasteiger partial charge in [0.15, 0.2) is 10.6 Å². The fraction of sp³-hybridized carbons (Fsp3) is 0.174. The maximum Gasteiger partial charge on any atom is 0.297 e. The highest BCUT2D eigenvalue weighted by atomic mass is 32.1. The number of hydrogen-bond acceptors (Lipinski definition) is 6. The third-order valence-electron chi connectivity index (χ3n) is 5.42. The Labute approximate surface area is 176 Å². The molecule has 30 heavy (non-hydrogen) atoms. The van der Waals surface area contributed by atoms with Gasteiger partial charge in [-0.15, -0.1) is 11.3 Å². The number of fused-ring (bicyclic) bond motifs is 2. The van der Waals surface area contributed by atoms with Crippen LogP contribution < -0.4 is 15.1 Å². The second kappa shape index (κ2) is 6.81. The van der Waals surface area contributed by atoms with Gasteiger partial charge in [-0.25, -0.2) is 4.98 Å². The number of carbonyl (C=O) groups excluding carboxylic acids is 1. The number of rotatable bonds is 3. The summed E-state index contributed by atoms with van der Waals surface area (Å²) in [4.78, 5) is 34.2. The van der Waals surface area contributed by atoms with Crippen molar-refractivity contribution in [2.24, 2.45) is 0 Å². The Morgan fingerprint density at radius 3 is 2.53 bits per heavy atom. The van der Waals surface area contributed by atoms with E-state index in [1.165, 1.54) is 18.4 Å². The van der Waals surface area contributed by atoms with Crippen molar-refractivity contribution in [2.75, 3.05) is 12.0 Å². The van der Waals surface area contributed by atoms with Crippen LogP contribution >= 0.6 is 11.3 Å². The van der Waals surface area contributed by atoms with Crippen LogP contribution in [0.5, 0.6) is 5.75 Å². The van der Waals surface area contributed by atoms with E-state index >= 15 is 0 Å². The lowest BCUT2D eigenvalue weighted by Crippen LogP contribution is -2.29. The molecule has 0 aliphatic carbocycles. The topological polar surface area (TPSA) is 72.6 Å². The molecular formula is C23H18N2O4S. The average molecular weight is 418 g/mol. The number of amides is 1. The summed E-state index contributed by atoms with van der Waals surface area (Å²) in [6, 6.07) is 13.9. The number of benzene rings is 2. The fourth-order valence-corrected chi connectivity index (χ4v) is 4.72. The zero-order valence-electron chi connectivity index (χ0n) is 16.6. The van der Waals surface area contributed by atoms with E-state index in [0.717, 1.165) is 16.1 Å². The number of nitrogens with zero attached hydrogens (tertiary/aromatic N) is 2. The monoisotopic (exact) mass is 418 g/mol. The molecule has 1 aliphatic rings. The molecule has 0 saturated carbocycles. The third kappa shape index (κ3) is 2.66. The van der Waals surface area contributed by atoms with Crippen LogP contribution in [0.3, 0.4) is 0 Å². The van der Waals surface area contributed by atoms with Gasteiger partial charge in [0.05, 0.1) is 29.8 Å². The second-order valence-electron chi connectivity index (χ2n) is 7.16. The second-order valence-corrected chi connectivity index (χ2v) is 8.34. The smallest absolute Gasteiger partial charge is 0.297 e. The average Bonchev–Trinajstić information content (AvgIpc) is 3.24. The molecular weight excluding hydrogens is 400 g/mol. The lowest BCUT2D eigenvalue weighted by atomic mass is 9.99. The van der Waals surface area contributed by atoms with E-state index in [4.69, 9.17) is 9.15 Å². The van der Waals surface area contributed by atoms with Gasteiger partial charge in [-0.3, -0.25) is 14.5 Å². The third-order valence-corrected chi connectivity index (χ3v) is 6.49. The highest BCUT2D eigenvalue weighted by molar-refractivity contribution is 7.15. The van der Waals surface area contributed by atoms with Crippen LogP contribution in [0, 0.1) is 13.8 Å². The first-order chi connectivity index (χ1) is 14.5. The van der Waals surface area contributed by atoms with Crippen LogP contribution in [0.25, 0.3) is 11.0 Å². The molecule has 1 atom stereocenters. The van der Waals surface area contributed by atoms with Crippen molar-refractivity contribution in [3.05, 3.63) is 86.2 Å². The highest BCUT2D eigenvalue weighted by Crippen LogP contribution is 2.43. The Kier molecular flexibility index (Phi) is 4.22. The predicted octanol–water partition coefficient (Wildman–Crippen LogP) is 4.62. The van der Waals surface area contributed by atoms with Crippen molar-refractivity contribution in [2.45, 2.75) is 19.9 Å². The van der Waals surface area contributed by atoms with Crippen molar-refractivity contribution in [3.8, 4) is 5.75 Å². The maximum absolute atomic E-state index is 13.5. The first kappa shape index (κ1) is 18.6. The lowest BCUT2D eigenvalue weighted by molar-refractivity contribution is 0.0971. The van der Waals surface area contributed by atoms with Crippen LogP contribution in [0.1, 0.15) is 38.3 Å². The molecule has 3 heterocycles. The first-order valence-electron chi connectivity index (χ1n) is 9.47. The summed E-state index contributed by atoms with van der Waals surface area (Å²) in [5.74, 6) is 0.244. The molecule has 6 nitrogen and oxygen atoms in total. The van der Waals surface area contributed by atoms with E-state index in [2.05, 4.69) is 4.98 Å². The minimum atomic E-state index is -0.596. The summed E-state index contributed by atoms with van der Waals surface area (Å²) in [5, 5.41) is 0.966. The van der Waals surface area contributed by atoms with E-state index in [1.54, 1.807) is 23.1 Å². The molecule has 5 rings (SSSR count). The molecule has 1 aliphatic heterocycles. The molecule has 0 saturated heterocycles. The predicted molar refractivity (Wildman–Crippen MR) is 116 cm³/mol. The van der Waals surface area contributed by atoms with Crippen molar-refractivity contribution in [3.63, 3.8) is 0 Å². The van der Waals surface area contributed by atoms with Crippen molar-refractivity contribution in [1.82, 2.24) is 4.98 Å². The summed E-state index contributed by atoms with van der Waals surface area (Å²) in [6.45, 7) is 3.87. The number of ether oxygens (including phenoxy) is 1. The van der Waals surface area contributed by atoms with Crippen LogP contribution in [0.15, 0.2) is 57.7 Å². The molecule has 0 fully saturated rings. The number of aromatic nitrogens is 1. The van der Waals surface area contributed by atoms with Crippen molar-refractivity contribution in [1.29, 1.82) is 0 Å². The van der Waals surface area contributed by atoms with Crippen LogP contribution in [-0.2, 0) is 0 Å². The molecule has 2 aromatic carbocycles. The van der Waals surface area contributed by atoms with Gasteiger partial charge in [-0.2, -0.15) is 0 Å². The normalized spacial score (nSPS) is 15.6. The standard InChI is InChI=1S/C23H18N2O4S/c1-12-13(2)30-23(24-12)25-19(14-7-5-4-6-8-14)18-20(26)16-10-9-15(28-3)11-17(16)29-21(18)22(25)27/h4-11,19H,1-3H3. The molecule has 150 valence electrons. The Balaban J connectivity index is 1.81. The van der Waals surface area contributed by atoms with Gasteiger partial charge < -0.3 is 9.15 Å². The van der Waals surface area contributed by atoms with Crippen molar-refractivity contribution >= 4 is 33.3 Å². The van der Waals surface area contributed by atoms with E-state index in [0.29, 0.717) is 27.4 Å². The minimum Gasteiger partial charge on any atom is -0.497 e. The number of carbonyl (C=O) groups is 1. The highest BCUT2D eigenvalue weighted by Gasteiger charge is 2.45. The minimum absolute atomic E-state index is 0.0557. The maximum atomic E-state index is 13.5. The molecule has 0 spiro atoms. The molecule has 2 aromatic heterocycles. The molecule has 7 heteroatoms. The van der Waals surface area contributed by atoms with Crippen LogP contribution in [0.4, 0.5) is 5.13 Å². The summed E-state index contributed by atoms with van der Waals surface area (Å²) in [6.07, 6.45) is 0. The van der Waals surface area contributed by atoms with Gasteiger partial charge in [-0.1, -0.05) is 30.3 Å². The molecule has 0 radical (unpaired) electrons. The van der Waals surface area contributed by atoms with E-state index in [-0.39, 0.29) is 17.1 Å². The van der Waals surface area contributed by atoms with E-state index in [1.807, 2.05) is 44.2 Å². The molecule has 4 aromatic rings. The number of methoxy groups -OCH3 is 1. The zero-order valence-corrected chi connectivity index (χ0v) is 17.4. The van der Waals surface area contributed by atoms with Gasteiger partial charge in [0.25, 0.3) is 5.91 Å². The Hall–Kier alpha value is -3.45. The molecule has 0 N–H and O–H groups in total. The SMILES string of the molecule is COc1ccc2c(=O)c3c(oc2c1)C(=O)N(c1nc(C)c(C)s1)C3c1ccccc1. The molecule has 0 bridgehead atoms. The largest absolute Gasteiger partial charge is 0.497 e. The molecule has 1 unspecified atom stereocenters. The number of anilines is 1. The summed E-state index contributed by atoms with van der Waals surface area (Å²) < 4.78 is 11.2. The first-order valence-corrected chi connectivity index (χ1v) is 10.3. The number of aryl methyl sites for hydroxylation is 2. The molecule has 1 amide bonds. The lowest BCUT2D eigenvalue weighted by Gasteiger charge is -2.22. The van der Waals surface area contributed by atoms with Gasteiger partial charge in [0, 0.05) is 10.9 Å². The van der Waals surface area contributed by atoms with Crippen LogP contribution in [-0.4, -0.2) is 18.0 Å². The van der Waals surface area contributed by atoms with Crippen LogP contribution in [0.2, 0.25) is 0 Å². The zero-order chi connectivity index (χ0) is 21.0. The number of thiazole rings is 1. The Bertz CT molecular complexity index is 1340. The summed E-state index contributed by atoms with van der Waals surface area (Å²) >= 11 is 1.43. The Morgan fingerprint density at radius 1 is 1.10 bits per heavy atom. The van der Waals surface area contributed by atoms with Gasteiger partial charge in [-0.05, 0) is 31.5 Å². The summed E-state index contributed by atoms with van der Waals surface area (Å²) in [7, 11) is 1.54. The van der Waals surface area contributed by atoms with Gasteiger partial charge in [0.1, 0.15) is 11.3 Å². The quantitative estimate of drug-likeness (QED) is 0.485. The van der Waals surface area contributed by atoms with E-state index in [9.17, 15) is 9.59 Å². The van der Waals surface area contributed by atoms with Gasteiger partial charge in [0.2, 0.25) is 5.76 Å². The summed E-state index contributed by atoms with van der Waals surface area (Å²) in [5.41, 5.74) is 2.14. The van der Waals surface area contributed by atoms with Crippen molar-refractivity contribution < 1.29 is 13.9 Å².